The van der Waals surface area contributed by atoms with E-state index in [0.29, 0.717) is 15.6 Å². The summed E-state index contributed by atoms with van der Waals surface area (Å²) in [7, 11) is -3.55. The largest absolute Gasteiger partial charge is 0.266 e. The Morgan fingerprint density at radius 2 is 2.00 bits per heavy atom. The summed E-state index contributed by atoms with van der Waals surface area (Å²) in [4.78, 5) is 0. The van der Waals surface area contributed by atoms with Gasteiger partial charge in [-0.25, -0.2) is 8.42 Å². The Morgan fingerprint density at radius 3 is 2.53 bits per heavy atom. The minimum absolute atomic E-state index is 0.0408. The molecule has 0 aliphatic heterocycles. The molecule has 1 N–H and O–H groups in total. The van der Waals surface area contributed by atoms with Gasteiger partial charge < -0.3 is 0 Å². The molecule has 0 fully saturated rings. The van der Waals surface area contributed by atoms with Crippen molar-refractivity contribution in [3.05, 3.63) is 33.8 Å². The van der Waals surface area contributed by atoms with E-state index in [1.54, 1.807) is 12.1 Å². The van der Waals surface area contributed by atoms with Gasteiger partial charge in [-0.15, -0.1) is 0 Å². The van der Waals surface area contributed by atoms with Crippen LogP contribution in [0.25, 0.3) is 11.3 Å². The molecule has 0 aliphatic rings. The summed E-state index contributed by atoms with van der Waals surface area (Å²) < 4.78 is 23.0. The summed E-state index contributed by atoms with van der Waals surface area (Å²) >= 11 is 11.7. The van der Waals surface area contributed by atoms with Crippen LogP contribution in [-0.2, 0) is 9.84 Å². The van der Waals surface area contributed by atoms with Crippen LogP contribution in [-0.4, -0.2) is 24.9 Å². The van der Waals surface area contributed by atoms with Crippen LogP contribution in [0.2, 0.25) is 10.0 Å². The first-order chi connectivity index (χ1) is 8.84. The molecule has 0 saturated heterocycles. The van der Waals surface area contributed by atoms with Gasteiger partial charge in [0.2, 0.25) is 0 Å². The second-order valence-corrected chi connectivity index (χ2v) is 6.56. The maximum absolute atomic E-state index is 11.5. The molecule has 0 amide bonds. The van der Waals surface area contributed by atoms with Gasteiger partial charge in [0.15, 0.2) is 14.9 Å². The van der Waals surface area contributed by atoms with Gasteiger partial charge in [-0.2, -0.15) is 10.4 Å². The lowest BCUT2D eigenvalue weighted by Gasteiger charge is -2.00. The zero-order valence-electron chi connectivity index (χ0n) is 9.61. The molecule has 0 spiro atoms. The van der Waals surface area contributed by atoms with Crippen molar-refractivity contribution >= 4 is 33.0 Å². The fourth-order valence-electron chi connectivity index (χ4n) is 1.55. The minimum Gasteiger partial charge on any atom is -0.266 e. The highest BCUT2D eigenvalue weighted by atomic mass is 35.5. The number of rotatable bonds is 2. The summed E-state index contributed by atoms with van der Waals surface area (Å²) in [5.74, 6) is 0. The quantitative estimate of drug-likeness (QED) is 0.923. The second kappa shape index (κ2) is 4.85. The summed E-state index contributed by atoms with van der Waals surface area (Å²) in [5, 5.41) is 15.8. The van der Waals surface area contributed by atoms with E-state index in [2.05, 4.69) is 10.2 Å². The van der Waals surface area contributed by atoms with Crippen LogP contribution in [0.15, 0.2) is 23.2 Å². The highest BCUT2D eigenvalue weighted by Gasteiger charge is 2.22. The Kier molecular flexibility index (Phi) is 3.54. The number of hydrogen-bond donors (Lipinski definition) is 1. The maximum Gasteiger partial charge on any atom is 0.193 e. The minimum atomic E-state index is -3.55. The fraction of sp³-hybridized carbons (Fsp3) is 0.0909. The van der Waals surface area contributed by atoms with Crippen molar-refractivity contribution in [1.82, 2.24) is 10.2 Å². The number of nitrogens with one attached hydrogen (secondary N) is 1. The van der Waals surface area contributed by atoms with E-state index < -0.39 is 9.84 Å². The molecule has 8 heteroatoms. The zero-order valence-corrected chi connectivity index (χ0v) is 11.9. The van der Waals surface area contributed by atoms with Crippen molar-refractivity contribution in [2.75, 3.05) is 6.26 Å². The lowest BCUT2D eigenvalue weighted by Crippen LogP contribution is -1.99. The number of nitriles is 1. The van der Waals surface area contributed by atoms with Crippen LogP contribution in [0.3, 0.4) is 0 Å². The SMILES string of the molecule is CS(=O)(=O)c1[nH]nc(-c2ccc(Cl)c(Cl)c2)c1C#N. The Bertz CT molecular complexity index is 791. The van der Waals surface area contributed by atoms with E-state index in [-0.39, 0.29) is 16.3 Å². The Morgan fingerprint density at radius 1 is 1.32 bits per heavy atom. The molecule has 0 saturated carbocycles. The van der Waals surface area contributed by atoms with E-state index in [1.165, 1.54) is 6.07 Å². The molecule has 2 aromatic rings. The van der Waals surface area contributed by atoms with Gasteiger partial charge in [0.1, 0.15) is 17.3 Å². The molecule has 98 valence electrons. The maximum atomic E-state index is 11.5. The van der Waals surface area contributed by atoms with Crippen molar-refractivity contribution in [1.29, 1.82) is 5.26 Å². The molecule has 0 unspecified atom stereocenters. The van der Waals surface area contributed by atoms with Gasteiger partial charge in [0.25, 0.3) is 0 Å². The smallest absolute Gasteiger partial charge is 0.193 e. The van der Waals surface area contributed by atoms with Crippen molar-refractivity contribution in [3.8, 4) is 17.3 Å². The third kappa shape index (κ3) is 2.59. The Balaban J connectivity index is 2.68. The molecular weight excluding hydrogens is 309 g/mol. The highest BCUT2D eigenvalue weighted by Crippen LogP contribution is 2.30. The molecule has 1 heterocycles. The third-order valence-electron chi connectivity index (χ3n) is 2.41. The third-order valence-corrected chi connectivity index (χ3v) is 4.18. The first-order valence-electron chi connectivity index (χ1n) is 4.98. The number of hydrogen-bond acceptors (Lipinski definition) is 4. The topological polar surface area (TPSA) is 86.6 Å². The number of sulfone groups is 1. The Labute approximate surface area is 119 Å². The van der Waals surface area contributed by atoms with E-state index in [0.717, 1.165) is 6.26 Å². The Hall–Kier alpha value is -1.55. The van der Waals surface area contributed by atoms with E-state index in [4.69, 9.17) is 28.5 Å². The van der Waals surface area contributed by atoms with Gasteiger partial charge in [0.05, 0.1) is 10.0 Å². The van der Waals surface area contributed by atoms with Crippen molar-refractivity contribution < 1.29 is 8.42 Å². The molecule has 19 heavy (non-hydrogen) atoms. The number of halogens is 2. The van der Waals surface area contributed by atoms with E-state index in [1.807, 2.05) is 6.07 Å². The molecular formula is C11H7Cl2N3O2S. The average Bonchev–Trinajstić information content (AvgIpc) is 2.76. The average molecular weight is 316 g/mol. The van der Waals surface area contributed by atoms with Crippen LogP contribution in [0, 0.1) is 11.3 Å². The lowest BCUT2D eigenvalue weighted by molar-refractivity contribution is 0.597. The van der Waals surface area contributed by atoms with E-state index in [9.17, 15) is 8.42 Å². The summed E-state index contributed by atoms with van der Waals surface area (Å²) in [5.41, 5.74) is 0.694. The van der Waals surface area contributed by atoms with Crippen LogP contribution in [0.5, 0.6) is 0 Å². The first-order valence-corrected chi connectivity index (χ1v) is 7.63. The first kappa shape index (κ1) is 13.9. The van der Waals surface area contributed by atoms with Crippen molar-refractivity contribution in [3.63, 3.8) is 0 Å². The second-order valence-electron chi connectivity index (χ2n) is 3.79. The standard InChI is InChI=1S/C11H7Cl2N3O2S/c1-19(17,18)11-7(5-14)10(15-16-11)6-2-3-8(12)9(13)4-6/h2-4H,1H3,(H,15,16). The van der Waals surface area contributed by atoms with E-state index >= 15 is 0 Å². The zero-order chi connectivity index (χ0) is 14.2. The molecule has 1 aromatic carbocycles. The predicted molar refractivity (Wildman–Crippen MR) is 71.9 cm³/mol. The van der Waals surface area contributed by atoms with Crippen molar-refractivity contribution in [2.24, 2.45) is 0 Å². The number of nitrogens with zero attached hydrogens (tertiary/aromatic N) is 2. The molecule has 0 radical (unpaired) electrons. The number of H-pyrrole nitrogens is 1. The van der Waals surface area contributed by atoms with Crippen LogP contribution in [0.1, 0.15) is 5.56 Å². The van der Waals surface area contributed by atoms with Gasteiger partial charge in [-0.1, -0.05) is 29.3 Å². The summed E-state index contributed by atoms with van der Waals surface area (Å²) in [6, 6.07) is 6.51. The molecule has 1 aromatic heterocycles. The summed E-state index contributed by atoms with van der Waals surface area (Å²) in [6.45, 7) is 0. The highest BCUT2D eigenvalue weighted by molar-refractivity contribution is 7.90. The molecule has 2 rings (SSSR count). The van der Waals surface area contributed by atoms with Crippen LogP contribution >= 0.6 is 23.2 Å². The molecule has 0 atom stereocenters. The monoisotopic (exact) mass is 315 g/mol. The van der Waals surface area contributed by atoms with Gasteiger partial charge in [-0.05, 0) is 12.1 Å². The lowest BCUT2D eigenvalue weighted by atomic mass is 10.1. The molecule has 0 bridgehead atoms. The van der Waals surface area contributed by atoms with Crippen LogP contribution < -0.4 is 0 Å². The fourth-order valence-corrected chi connectivity index (χ4v) is 2.57. The number of benzene rings is 1. The molecule has 0 aliphatic carbocycles. The molecule has 5 nitrogen and oxygen atoms in total. The normalized spacial score (nSPS) is 11.3. The predicted octanol–water partition coefficient (Wildman–Crippen LogP) is 2.66. The van der Waals surface area contributed by atoms with Gasteiger partial charge in [0, 0.05) is 11.8 Å². The number of aromatic amines is 1. The van der Waals surface area contributed by atoms with Crippen LogP contribution in [0.4, 0.5) is 0 Å². The summed E-state index contributed by atoms with van der Waals surface area (Å²) in [6.07, 6.45) is 1.000. The van der Waals surface area contributed by atoms with Gasteiger partial charge >= 0.3 is 0 Å². The number of aromatic nitrogens is 2. The van der Waals surface area contributed by atoms with Crippen molar-refractivity contribution in [2.45, 2.75) is 5.03 Å². The van der Waals surface area contributed by atoms with Gasteiger partial charge in [-0.3, -0.25) is 5.10 Å².